The molecule has 0 aliphatic rings. The number of ether oxygens (including phenoxy) is 1. The number of nitrogens with two attached hydrogens (primary N) is 1. The topological polar surface area (TPSA) is 103 Å². The van der Waals surface area contributed by atoms with Crippen molar-refractivity contribution in [3.63, 3.8) is 0 Å². The molecule has 1 aromatic carbocycles. The molecule has 0 saturated heterocycles. The molecule has 0 atom stereocenters. The number of benzene rings is 1. The van der Waals surface area contributed by atoms with Gasteiger partial charge in [-0.25, -0.2) is 10.8 Å². The summed E-state index contributed by atoms with van der Waals surface area (Å²) >= 11 is 0. The van der Waals surface area contributed by atoms with Crippen LogP contribution >= 0.6 is 0 Å². The number of pyridine rings is 1. The van der Waals surface area contributed by atoms with Crippen molar-refractivity contribution >= 4 is 11.5 Å². The Balaban J connectivity index is 2.16. The fraction of sp³-hybridized carbons (Fsp3) is 0.214. The molecule has 1 heterocycles. The highest BCUT2D eigenvalue weighted by molar-refractivity contribution is 5.49. The van der Waals surface area contributed by atoms with E-state index in [2.05, 4.69) is 10.4 Å². The normalized spacial score (nSPS) is 10.2. The lowest BCUT2D eigenvalue weighted by atomic mass is 10.1. The Hall–Kier alpha value is -2.67. The second-order valence-electron chi connectivity index (χ2n) is 4.61. The Bertz CT molecular complexity index is 673. The number of rotatable bonds is 5. The molecule has 0 radical (unpaired) electrons. The highest BCUT2D eigenvalue weighted by Crippen LogP contribution is 2.28. The third-order valence-corrected chi connectivity index (χ3v) is 3.02. The highest BCUT2D eigenvalue weighted by Gasteiger charge is 2.14. The lowest BCUT2D eigenvalue weighted by Crippen LogP contribution is -2.10. The number of nitro groups is 1. The van der Waals surface area contributed by atoms with Gasteiger partial charge >= 0.3 is 0 Å². The number of hydrogen-bond donors (Lipinski definition) is 2. The van der Waals surface area contributed by atoms with Gasteiger partial charge in [-0.3, -0.25) is 10.1 Å². The maximum Gasteiger partial charge on any atom is 0.272 e. The van der Waals surface area contributed by atoms with Gasteiger partial charge in [0.15, 0.2) is 0 Å². The molecule has 0 spiro atoms. The number of anilines is 1. The van der Waals surface area contributed by atoms with Gasteiger partial charge in [0.2, 0.25) is 0 Å². The molecule has 0 fully saturated rings. The average Bonchev–Trinajstić information content (AvgIpc) is 2.47. The Morgan fingerprint density at radius 3 is 2.76 bits per heavy atom. The van der Waals surface area contributed by atoms with Gasteiger partial charge in [-0.2, -0.15) is 0 Å². The molecule has 3 N–H and O–H groups in total. The van der Waals surface area contributed by atoms with E-state index in [9.17, 15) is 10.1 Å². The number of nitrogen functional groups attached to an aromatic ring is 1. The molecule has 2 aromatic rings. The number of nitrogens with zero attached hydrogens (tertiary/aromatic N) is 2. The summed E-state index contributed by atoms with van der Waals surface area (Å²) in [5.74, 6) is 6.45. The summed E-state index contributed by atoms with van der Waals surface area (Å²) in [7, 11) is 0. The zero-order valence-corrected chi connectivity index (χ0v) is 11.8. The Morgan fingerprint density at radius 1 is 1.33 bits per heavy atom. The zero-order chi connectivity index (χ0) is 15.4. The molecule has 21 heavy (non-hydrogen) atoms. The molecule has 0 unspecified atom stereocenters. The lowest BCUT2D eigenvalue weighted by molar-refractivity contribution is -0.385. The summed E-state index contributed by atoms with van der Waals surface area (Å²) in [6, 6.07) is 8.54. The molecule has 7 nitrogen and oxygen atoms in total. The van der Waals surface area contributed by atoms with E-state index in [4.69, 9.17) is 10.6 Å². The van der Waals surface area contributed by atoms with Crippen molar-refractivity contribution in [1.29, 1.82) is 0 Å². The first kappa shape index (κ1) is 14.7. The van der Waals surface area contributed by atoms with Crippen LogP contribution in [-0.2, 0) is 6.61 Å². The third-order valence-electron chi connectivity index (χ3n) is 3.02. The molecule has 0 amide bonds. The largest absolute Gasteiger partial charge is 0.487 e. The van der Waals surface area contributed by atoms with Crippen LogP contribution in [0, 0.1) is 24.0 Å². The van der Waals surface area contributed by atoms with Gasteiger partial charge in [-0.05, 0) is 37.6 Å². The van der Waals surface area contributed by atoms with Crippen LogP contribution in [0.25, 0.3) is 0 Å². The monoisotopic (exact) mass is 288 g/mol. The van der Waals surface area contributed by atoms with Crippen molar-refractivity contribution in [3.05, 3.63) is 57.3 Å². The molecule has 1 aromatic heterocycles. The van der Waals surface area contributed by atoms with Crippen LogP contribution < -0.4 is 16.0 Å². The molecule has 0 bridgehead atoms. The van der Waals surface area contributed by atoms with Crippen LogP contribution in [0.4, 0.5) is 11.5 Å². The summed E-state index contributed by atoms with van der Waals surface area (Å²) < 4.78 is 5.68. The molecule has 0 aliphatic heterocycles. The van der Waals surface area contributed by atoms with Gasteiger partial charge in [0.1, 0.15) is 18.2 Å². The smallest absolute Gasteiger partial charge is 0.272 e. The van der Waals surface area contributed by atoms with E-state index < -0.39 is 4.92 Å². The second-order valence-corrected chi connectivity index (χ2v) is 4.61. The van der Waals surface area contributed by atoms with Gasteiger partial charge in [0.05, 0.1) is 10.6 Å². The first-order valence-electron chi connectivity index (χ1n) is 6.32. The minimum atomic E-state index is -0.399. The quantitative estimate of drug-likeness (QED) is 0.497. The van der Waals surface area contributed by atoms with E-state index in [0.29, 0.717) is 28.4 Å². The Morgan fingerprint density at radius 2 is 2.10 bits per heavy atom. The van der Waals surface area contributed by atoms with Crippen LogP contribution in [-0.4, -0.2) is 9.91 Å². The molecule has 0 saturated carbocycles. The maximum absolute atomic E-state index is 10.9. The molecule has 7 heteroatoms. The second kappa shape index (κ2) is 6.19. The molecular formula is C14H16N4O3. The number of aryl methyl sites for hydroxylation is 2. The maximum atomic E-state index is 10.9. The van der Waals surface area contributed by atoms with Gasteiger partial charge in [0, 0.05) is 11.6 Å². The average molecular weight is 288 g/mol. The van der Waals surface area contributed by atoms with Gasteiger partial charge in [-0.15, -0.1) is 0 Å². The van der Waals surface area contributed by atoms with Crippen molar-refractivity contribution in [2.24, 2.45) is 5.84 Å². The van der Waals surface area contributed by atoms with Gasteiger partial charge in [0.25, 0.3) is 5.69 Å². The van der Waals surface area contributed by atoms with E-state index >= 15 is 0 Å². The van der Waals surface area contributed by atoms with Crippen LogP contribution in [0.5, 0.6) is 5.75 Å². The number of aromatic nitrogens is 1. The van der Waals surface area contributed by atoms with Crippen molar-refractivity contribution in [1.82, 2.24) is 4.98 Å². The lowest BCUT2D eigenvalue weighted by Gasteiger charge is -2.10. The summed E-state index contributed by atoms with van der Waals surface area (Å²) in [4.78, 5) is 14.7. The van der Waals surface area contributed by atoms with Crippen molar-refractivity contribution in [2.45, 2.75) is 20.5 Å². The summed E-state index contributed by atoms with van der Waals surface area (Å²) in [5.41, 5.74) is 4.53. The SMILES string of the molecule is Cc1cc([N+](=O)[O-])c(C)cc1OCc1cccc(NN)n1. The van der Waals surface area contributed by atoms with E-state index in [1.54, 1.807) is 26.0 Å². The fourth-order valence-corrected chi connectivity index (χ4v) is 1.92. The van der Waals surface area contributed by atoms with Crippen molar-refractivity contribution < 1.29 is 9.66 Å². The van der Waals surface area contributed by atoms with Gasteiger partial charge in [-0.1, -0.05) is 6.07 Å². The molecule has 0 aliphatic carbocycles. The van der Waals surface area contributed by atoms with Crippen LogP contribution in [0.2, 0.25) is 0 Å². The minimum absolute atomic E-state index is 0.0901. The minimum Gasteiger partial charge on any atom is -0.487 e. The van der Waals surface area contributed by atoms with Gasteiger partial charge < -0.3 is 10.2 Å². The molecular weight excluding hydrogens is 272 g/mol. The third kappa shape index (κ3) is 3.46. The molecule has 2 rings (SSSR count). The first-order chi connectivity index (χ1) is 10.0. The predicted octanol–water partition coefficient (Wildman–Crippen LogP) is 2.47. The number of nitro benzene ring substituents is 1. The number of hydrogen-bond acceptors (Lipinski definition) is 6. The predicted molar refractivity (Wildman–Crippen MR) is 78.9 cm³/mol. The fourth-order valence-electron chi connectivity index (χ4n) is 1.92. The zero-order valence-electron chi connectivity index (χ0n) is 11.8. The van der Waals surface area contributed by atoms with Crippen molar-refractivity contribution in [3.8, 4) is 5.75 Å². The van der Waals surface area contributed by atoms with E-state index in [1.807, 2.05) is 12.1 Å². The van der Waals surface area contributed by atoms with E-state index in [-0.39, 0.29) is 12.3 Å². The van der Waals surface area contributed by atoms with Crippen LogP contribution in [0.3, 0.4) is 0 Å². The van der Waals surface area contributed by atoms with E-state index in [1.165, 1.54) is 6.07 Å². The molecule has 110 valence electrons. The summed E-state index contributed by atoms with van der Waals surface area (Å²) in [6.45, 7) is 3.71. The summed E-state index contributed by atoms with van der Waals surface area (Å²) in [6.07, 6.45) is 0. The summed E-state index contributed by atoms with van der Waals surface area (Å²) in [5, 5.41) is 10.9. The van der Waals surface area contributed by atoms with Crippen LogP contribution in [0.15, 0.2) is 30.3 Å². The number of hydrazine groups is 1. The highest BCUT2D eigenvalue weighted by atomic mass is 16.6. The standard InChI is InChI=1S/C14H16N4O3/c1-9-7-13(10(2)6-12(9)18(19)20)21-8-11-4-3-5-14(16-11)17-15/h3-7H,8,15H2,1-2H3,(H,16,17). The Kier molecular flexibility index (Phi) is 4.34. The van der Waals surface area contributed by atoms with Crippen molar-refractivity contribution in [2.75, 3.05) is 5.43 Å². The first-order valence-corrected chi connectivity index (χ1v) is 6.32. The number of nitrogens with one attached hydrogen (secondary N) is 1. The van der Waals surface area contributed by atoms with Crippen LogP contribution in [0.1, 0.15) is 16.8 Å². The van der Waals surface area contributed by atoms with E-state index in [0.717, 1.165) is 0 Å². The Labute approximate surface area is 121 Å².